The number of carbonyl (C=O) groups is 1. The third-order valence-corrected chi connectivity index (χ3v) is 2.64. The molecule has 1 amide bonds. The predicted molar refractivity (Wildman–Crippen MR) is 64.3 cm³/mol. The first-order valence-corrected chi connectivity index (χ1v) is 5.16. The highest BCUT2D eigenvalue weighted by Crippen LogP contribution is 2.33. The number of ether oxygens (including phenoxy) is 2. The summed E-state index contributed by atoms with van der Waals surface area (Å²) in [6.45, 7) is 0. The number of carbonyl (C=O) groups excluding carboxylic acids is 1. The standard InChI is InChI=1S/C12H14N2O3/c1-16-10-4-8-7(3-12(13)15)6-14-9(8)5-11(10)17-2/h4-6,14H,3H2,1-2H3,(H2,13,15). The Balaban J connectivity index is 2.56. The van der Waals surface area contributed by atoms with E-state index in [2.05, 4.69) is 4.98 Å². The number of H-pyrrole nitrogens is 1. The van der Waals surface area contributed by atoms with Crippen LogP contribution in [0.25, 0.3) is 10.9 Å². The number of fused-ring (bicyclic) bond motifs is 1. The Morgan fingerprint density at radius 2 is 1.94 bits per heavy atom. The number of benzene rings is 1. The van der Waals surface area contributed by atoms with Crippen molar-refractivity contribution >= 4 is 16.8 Å². The van der Waals surface area contributed by atoms with E-state index in [4.69, 9.17) is 15.2 Å². The van der Waals surface area contributed by atoms with E-state index in [1.165, 1.54) is 0 Å². The minimum absolute atomic E-state index is 0.204. The van der Waals surface area contributed by atoms with Crippen LogP contribution < -0.4 is 15.2 Å². The Kier molecular flexibility index (Phi) is 2.91. The molecule has 1 heterocycles. The van der Waals surface area contributed by atoms with Gasteiger partial charge in [0.05, 0.1) is 20.6 Å². The first-order chi connectivity index (χ1) is 8.15. The van der Waals surface area contributed by atoms with Crippen LogP contribution in [0.1, 0.15) is 5.56 Å². The molecule has 0 spiro atoms. The quantitative estimate of drug-likeness (QED) is 0.834. The number of primary amides is 1. The normalized spacial score (nSPS) is 10.5. The maximum atomic E-state index is 10.9. The van der Waals surface area contributed by atoms with Crippen molar-refractivity contribution < 1.29 is 14.3 Å². The number of aromatic nitrogens is 1. The zero-order valence-electron chi connectivity index (χ0n) is 9.74. The molecule has 1 aromatic carbocycles. The highest BCUT2D eigenvalue weighted by atomic mass is 16.5. The lowest BCUT2D eigenvalue weighted by Crippen LogP contribution is -2.13. The zero-order chi connectivity index (χ0) is 12.4. The van der Waals surface area contributed by atoms with Gasteiger partial charge >= 0.3 is 0 Å². The lowest BCUT2D eigenvalue weighted by atomic mass is 10.1. The van der Waals surface area contributed by atoms with Gasteiger partial charge in [-0.05, 0) is 11.6 Å². The fraction of sp³-hybridized carbons (Fsp3) is 0.250. The molecule has 3 N–H and O–H groups in total. The van der Waals surface area contributed by atoms with Crippen molar-refractivity contribution in [2.75, 3.05) is 14.2 Å². The van der Waals surface area contributed by atoms with E-state index >= 15 is 0 Å². The SMILES string of the molecule is COc1cc2[nH]cc(CC(N)=O)c2cc1OC. The molecule has 0 unspecified atom stereocenters. The average molecular weight is 234 g/mol. The molecular formula is C12H14N2O3. The van der Waals surface area contributed by atoms with Gasteiger partial charge in [0.1, 0.15) is 0 Å². The summed E-state index contributed by atoms with van der Waals surface area (Å²) in [5.41, 5.74) is 6.94. The van der Waals surface area contributed by atoms with Crippen LogP contribution in [0, 0.1) is 0 Å². The Hall–Kier alpha value is -2.17. The van der Waals surface area contributed by atoms with Crippen molar-refractivity contribution in [3.8, 4) is 11.5 Å². The zero-order valence-corrected chi connectivity index (χ0v) is 9.74. The number of nitrogens with two attached hydrogens (primary N) is 1. The number of hydrogen-bond donors (Lipinski definition) is 2. The van der Waals surface area contributed by atoms with Crippen LogP contribution >= 0.6 is 0 Å². The Labute approximate surface area is 98.5 Å². The van der Waals surface area contributed by atoms with Gasteiger partial charge < -0.3 is 20.2 Å². The molecule has 0 aliphatic rings. The van der Waals surface area contributed by atoms with Gasteiger partial charge in [-0.25, -0.2) is 0 Å². The van der Waals surface area contributed by atoms with E-state index in [0.29, 0.717) is 11.5 Å². The van der Waals surface area contributed by atoms with Crippen LogP contribution in [0.3, 0.4) is 0 Å². The van der Waals surface area contributed by atoms with Gasteiger partial charge in [-0.15, -0.1) is 0 Å². The van der Waals surface area contributed by atoms with Crippen LogP contribution in [0.4, 0.5) is 0 Å². The van der Waals surface area contributed by atoms with Crippen molar-refractivity contribution in [2.45, 2.75) is 6.42 Å². The van der Waals surface area contributed by atoms with E-state index in [0.717, 1.165) is 16.5 Å². The third-order valence-electron chi connectivity index (χ3n) is 2.64. The molecule has 0 saturated carbocycles. The minimum atomic E-state index is -0.360. The van der Waals surface area contributed by atoms with Crippen LogP contribution in [0.2, 0.25) is 0 Å². The van der Waals surface area contributed by atoms with Gasteiger partial charge in [-0.1, -0.05) is 0 Å². The molecule has 2 rings (SSSR count). The maximum absolute atomic E-state index is 10.9. The van der Waals surface area contributed by atoms with Crippen molar-refractivity contribution in [3.05, 3.63) is 23.9 Å². The lowest BCUT2D eigenvalue weighted by molar-refractivity contribution is -0.117. The molecule has 1 aromatic heterocycles. The van der Waals surface area contributed by atoms with Crippen molar-refractivity contribution in [2.24, 2.45) is 5.73 Å². The predicted octanol–water partition coefficient (Wildman–Crippen LogP) is 1.21. The van der Waals surface area contributed by atoms with E-state index in [1.54, 1.807) is 20.4 Å². The highest BCUT2D eigenvalue weighted by Gasteiger charge is 2.11. The molecular weight excluding hydrogens is 220 g/mol. The molecule has 90 valence electrons. The summed E-state index contributed by atoms with van der Waals surface area (Å²) in [6, 6.07) is 3.67. The minimum Gasteiger partial charge on any atom is -0.493 e. The van der Waals surface area contributed by atoms with E-state index in [-0.39, 0.29) is 12.3 Å². The maximum Gasteiger partial charge on any atom is 0.221 e. The number of amides is 1. The fourth-order valence-corrected chi connectivity index (χ4v) is 1.84. The molecule has 0 atom stereocenters. The molecule has 0 aliphatic carbocycles. The van der Waals surface area contributed by atoms with Gasteiger partial charge in [0.15, 0.2) is 11.5 Å². The Bertz CT molecular complexity index is 560. The number of aromatic amines is 1. The molecule has 0 fully saturated rings. The summed E-state index contributed by atoms with van der Waals surface area (Å²) < 4.78 is 10.4. The van der Waals surface area contributed by atoms with Crippen molar-refractivity contribution in [1.82, 2.24) is 4.98 Å². The molecule has 0 aliphatic heterocycles. The number of nitrogens with one attached hydrogen (secondary N) is 1. The third kappa shape index (κ3) is 2.04. The monoisotopic (exact) mass is 234 g/mol. The highest BCUT2D eigenvalue weighted by molar-refractivity contribution is 5.90. The summed E-state index contributed by atoms with van der Waals surface area (Å²) in [7, 11) is 3.15. The molecule has 0 saturated heterocycles. The Morgan fingerprint density at radius 1 is 1.29 bits per heavy atom. The van der Waals surface area contributed by atoms with Crippen LogP contribution in [-0.2, 0) is 11.2 Å². The van der Waals surface area contributed by atoms with E-state index in [9.17, 15) is 4.79 Å². The van der Waals surface area contributed by atoms with Crippen LogP contribution in [0.15, 0.2) is 18.3 Å². The second kappa shape index (κ2) is 4.37. The number of methoxy groups -OCH3 is 2. The van der Waals surface area contributed by atoms with Gasteiger partial charge in [0.2, 0.25) is 5.91 Å². The van der Waals surface area contributed by atoms with Gasteiger partial charge in [-0.2, -0.15) is 0 Å². The summed E-state index contributed by atoms with van der Waals surface area (Å²) in [6.07, 6.45) is 1.98. The first-order valence-electron chi connectivity index (χ1n) is 5.16. The molecule has 0 bridgehead atoms. The summed E-state index contributed by atoms with van der Waals surface area (Å²) in [5.74, 6) is 0.915. The molecule has 17 heavy (non-hydrogen) atoms. The topological polar surface area (TPSA) is 77.3 Å². The van der Waals surface area contributed by atoms with Gasteiger partial charge in [-0.3, -0.25) is 4.79 Å². The Morgan fingerprint density at radius 3 is 2.53 bits per heavy atom. The summed E-state index contributed by atoms with van der Waals surface area (Å²) >= 11 is 0. The van der Waals surface area contributed by atoms with Gasteiger partial charge in [0.25, 0.3) is 0 Å². The second-order valence-electron chi connectivity index (χ2n) is 3.71. The lowest BCUT2D eigenvalue weighted by Gasteiger charge is -2.07. The summed E-state index contributed by atoms with van der Waals surface area (Å²) in [5, 5.41) is 0.918. The van der Waals surface area contributed by atoms with Crippen molar-refractivity contribution in [3.63, 3.8) is 0 Å². The average Bonchev–Trinajstić information content (AvgIpc) is 2.69. The number of rotatable bonds is 4. The van der Waals surface area contributed by atoms with Gasteiger partial charge in [0, 0.05) is 23.2 Å². The van der Waals surface area contributed by atoms with E-state index in [1.807, 2.05) is 12.1 Å². The molecule has 2 aromatic rings. The second-order valence-corrected chi connectivity index (χ2v) is 3.71. The van der Waals surface area contributed by atoms with Crippen LogP contribution in [-0.4, -0.2) is 25.1 Å². The number of hydrogen-bond acceptors (Lipinski definition) is 3. The molecule has 5 nitrogen and oxygen atoms in total. The van der Waals surface area contributed by atoms with E-state index < -0.39 is 0 Å². The molecule has 0 radical (unpaired) electrons. The van der Waals surface area contributed by atoms with Crippen LogP contribution in [0.5, 0.6) is 11.5 Å². The smallest absolute Gasteiger partial charge is 0.221 e. The first kappa shape index (κ1) is 11.3. The molecule has 5 heteroatoms. The fourth-order valence-electron chi connectivity index (χ4n) is 1.84. The largest absolute Gasteiger partial charge is 0.493 e. The van der Waals surface area contributed by atoms with Crippen molar-refractivity contribution in [1.29, 1.82) is 0 Å². The summed E-state index contributed by atoms with van der Waals surface area (Å²) in [4.78, 5) is 14.0.